The van der Waals surface area contributed by atoms with Gasteiger partial charge >= 0.3 is 103 Å². The Morgan fingerprint density at radius 1 is 0.667 bits per heavy atom. The van der Waals surface area contributed by atoms with Crippen LogP contribution >= 0.6 is 0 Å². The number of rotatable bonds is 21. The van der Waals surface area contributed by atoms with E-state index in [4.69, 9.17) is 0 Å². The fraction of sp³-hybridized carbons (Fsp3) is 0.833. The second kappa shape index (κ2) is 29.0. The molecule has 0 aliphatic heterocycles. The van der Waals surface area contributed by atoms with Crippen LogP contribution in [0.1, 0.15) is 122 Å². The third kappa shape index (κ3) is 28.0. The Bertz CT molecular complexity index is 414. The minimum absolute atomic E-state index is 0. The molecule has 1 unspecified atom stereocenters. The standard InChI is InChI=1S/C24H44O4.2K/c1-2-3-4-5-6-7-8-9-10-11-12-13-14-15-16-17-18-19-20-22(24(27)28)21-23(25)26;;/h15-16,22H,2-14,17-21H2,1H3,(H,25,26)(H,27,28);;/q;2*+1/p-2/b16-15+;;. The van der Waals surface area contributed by atoms with Crippen molar-refractivity contribution >= 4 is 11.9 Å². The van der Waals surface area contributed by atoms with E-state index in [1.165, 1.54) is 77.0 Å². The summed E-state index contributed by atoms with van der Waals surface area (Å²) in [6.45, 7) is 2.26. The van der Waals surface area contributed by atoms with Crippen LogP contribution in [0.15, 0.2) is 12.2 Å². The molecule has 0 bridgehead atoms. The van der Waals surface area contributed by atoms with Crippen molar-refractivity contribution in [1.82, 2.24) is 0 Å². The first-order valence-electron chi connectivity index (χ1n) is 11.6. The number of hydrogen-bond donors (Lipinski definition) is 0. The molecule has 164 valence electrons. The molecule has 0 saturated carbocycles. The quantitative estimate of drug-likeness (QED) is 0.118. The number of unbranched alkanes of at least 4 members (excludes halogenated alkanes) is 14. The van der Waals surface area contributed by atoms with Gasteiger partial charge in [0, 0.05) is 17.9 Å². The summed E-state index contributed by atoms with van der Waals surface area (Å²) in [7, 11) is 0. The zero-order valence-corrected chi connectivity index (χ0v) is 26.3. The molecule has 0 aliphatic carbocycles. The van der Waals surface area contributed by atoms with Gasteiger partial charge in [0.25, 0.3) is 0 Å². The van der Waals surface area contributed by atoms with Crippen molar-refractivity contribution < 1.29 is 123 Å². The molecule has 0 radical (unpaired) electrons. The predicted molar refractivity (Wildman–Crippen MR) is 111 cm³/mol. The first-order valence-corrected chi connectivity index (χ1v) is 11.6. The van der Waals surface area contributed by atoms with Crippen LogP contribution in [0, 0.1) is 5.92 Å². The number of allylic oxidation sites excluding steroid dienone is 2. The number of carboxylic acids is 2. The summed E-state index contributed by atoms with van der Waals surface area (Å²) in [5, 5.41) is 21.3. The molecular formula is C24H42K2O4. The van der Waals surface area contributed by atoms with E-state index in [9.17, 15) is 19.8 Å². The third-order valence-electron chi connectivity index (χ3n) is 5.31. The first kappa shape index (κ1) is 36.5. The Hall–Kier alpha value is 1.95. The first-order chi connectivity index (χ1) is 13.6. The van der Waals surface area contributed by atoms with E-state index in [0.29, 0.717) is 12.8 Å². The molecule has 0 N–H and O–H groups in total. The van der Waals surface area contributed by atoms with Crippen molar-refractivity contribution in [2.45, 2.75) is 122 Å². The van der Waals surface area contributed by atoms with Crippen LogP contribution < -0.4 is 113 Å². The molecule has 0 rings (SSSR count). The average molecular weight is 473 g/mol. The third-order valence-corrected chi connectivity index (χ3v) is 5.31. The van der Waals surface area contributed by atoms with Gasteiger partial charge in [0.1, 0.15) is 0 Å². The minimum atomic E-state index is -1.32. The van der Waals surface area contributed by atoms with E-state index in [-0.39, 0.29) is 103 Å². The van der Waals surface area contributed by atoms with E-state index in [2.05, 4.69) is 19.1 Å². The van der Waals surface area contributed by atoms with Crippen molar-refractivity contribution in [3.8, 4) is 0 Å². The summed E-state index contributed by atoms with van der Waals surface area (Å²) in [4.78, 5) is 21.3. The molecule has 1 atom stereocenters. The Morgan fingerprint density at radius 2 is 1.07 bits per heavy atom. The Balaban J connectivity index is -0.00000364. The van der Waals surface area contributed by atoms with E-state index < -0.39 is 24.3 Å². The number of carboxylic acid groups (broad SMARTS) is 2. The van der Waals surface area contributed by atoms with Gasteiger partial charge in [-0.15, -0.1) is 0 Å². The van der Waals surface area contributed by atoms with Crippen molar-refractivity contribution in [2.24, 2.45) is 5.92 Å². The molecule has 0 aromatic rings. The summed E-state index contributed by atoms with van der Waals surface area (Å²) < 4.78 is 0. The second-order valence-corrected chi connectivity index (χ2v) is 8.03. The summed E-state index contributed by atoms with van der Waals surface area (Å²) in [6, 6.07) is 0. The van der Waals surface area contributed by atoms with Crippen LogP contribution in [-0.4, -0.2) is 11.9 Å². The van der Waals surface area contributed by atoms with Gasteiger partial charge in [0.15, 0.2) is 0 Å². The van der Waals surface area contributed by atoms with Gasteiger partial charge in [-0.1, -0.05) is 96.1 Å². The van der Waals surface area contributed by atoms with Gasteiger partial charge in [0.05, 0.1) is 0 Å². The molecule has 0 spiro atoms. The van der Waals surface area contributed by atoms with E-state index in [1.54, 1.807) is 0 Å². The molecule has 30 heavy (non-hydrogen) atoms. The van der Waals surface area contributed by atoms with Crippen LogP contribution in [0.25, 0.3) is 0 Å². The fourth-order valence-electron chi connectivity index (χ4n) is 3.50. The molecular weight excluding hydrogens is 430 g/mol. The zero-order valence-electron chi connectivity index (χ0n) is 20.1. The monoisotopic (exact) mass is 472 g/mol. The van der Waals surface area contributed by atoms with E-state index in [0.717, 1.165) is 19.3 Å². The maximum atomic E-state index is 10.8. The normalized spacial score (nSPS) is 11.6. The van der Waals surface area contributed by atoms with Crippen molar-refractivity contribution in [1.29, 1.82) is 0 Å². The van der Waals surface area contributed by atoms with Gasteiger partial charge < -0.3 is 19.8 Å². The number of hydrogen-bond acceptors (Lipinski definition) is 4. The van der Waals surface area contributed by atoms with Crippen molar-refractivity contribution in [3.05, 3.63) is 12.2 Å². The van der Waals surface area contributed by atoms with Gasteiger partial charge in [-0.05, 0) is 38.5 Å². The predicted octanol–water partition coefficient (Wildman–Crippen LogP) is -1.29. The maximum Gasteiger partial charge on any atom is 1.00 e. The number of carbonyl (C=O) groups excluding carboxylic acids is 2. The zero-order chi connectivity index (χ0) is 20.9. The fourth-order valence-corrected chi connectivity index (χ4v) is 3.50. The van der Waals surface area contributed by atoms with E-state index in [1.807, 2.05) is 0 Å². The summed E-state index contributed by atoms with van der Waals surface area (Å²) in [5.41, 5.74) is 0. The molecule has 0 amide bonds. The molecule has 0 aromatic carbocycles. The molecule has 4 nitrogen and oxygen atoms in total. The summed E-state index contributed by atoms with van der Waals surface area (Å²) in [6.07, 6.45) is 24.3. The van der Waals surface area contributed by atoms with Gasteiger partial charge in [-0.2, -0.15) is 0 Å². The maximum absolute atomic E-state index is 10.8. The molecule has 6 heteroatoms. The smallest absolute Gasteiger partial charge is 0.550 e. The summed E-state index contributed by atoms with van der Waals surface area (Å²) >= 11 is 0. The van der Waals surface area contributed by atoms with Gasteiger partial charge in [-0.3, -0.25) is 0 Å². The second-order valence-electron chi connectivity index (χ2n) is 8.03. The van der Waals surface area contributed by atoms with Gasteiger partial charge in [0.2, 0.25) is 0 Å². The number of carbonyl (C=O) groups is 2. The largest absolute Gasteiger partial charge is 1.00 e. The Morgan fingerprint density at radius 3 is 1.47 bits per heavy atom. The summed E-state index contributed by atoms with van der Waals surface area (Å²) in [5.74, 6) is -3.53. The topological polar surface area (TPSA) is 80.3 Å². The van der Waals surface area contributed by atoms with Crippen LogP contribution in [0.5, 0.6) is 0 Å². The minimum Gasteiger partial charge on any atom is -0.550 e. The Kier molecular flexibility index (Phi) is 35.3. The van der Waals surface area contributed by atoms with Crippen LogP contribution in [-0.2, 0) is 9.59 Å². The van der Waals surface area contributed by atoms with Crippen LogP contribution in [0.3, 0.4) is 0 Å². The Labute approximate surface area is 270 Å². The van der Waals surface area contributed by atoms with Crippen LogP contribution in [0.4, 0.5) is 0 Å². The van der Waals surface area contributed by atoms with Crippen molar-refractivity contribution in [2.75, 3.05) is 0 Å². The van der Waals surface area contributed by atoms with Crippen LogP contribution in [0.2, 0.25) is 0 Å². The molecule has 0 heterocycles. The van der Waals surface area contributed by atoms with Crippen molar-refractivity contribution in [3.63, 3.8) is 0 Å². The molecule has 0 fully saturated rings. The SMILES string of the molecule is CCCCCCCCCCCCCC/C=C/CCCCC(CC(=O)[O-])C(=O)[O-].[K+].[K+]. The number of aliphatic carboxylic acids is 2. The molecule has 0 saturated heterocycles. The average Bonchev–Trinajstić information content (AvgIpc) is 2.65. The molecule has 0 aromatic heterocycles. The van der Waals surface area contributed by atoms with Gasteiger partial charge in [-0.25, -0.2) is 0 Å². The molecule has 0 aliphatic rings. The van der Waals surface area contributed by atoms with E-state index >= 15 is 0 Å².